The fourth-order valence-corrected chi connectivity index (χ4v) is 9.65. The number of hydrogen-bond acceptors (Lipinski definition) is 5. The first-order chi connectivity index (χ1) is 29.5. The lowest BCUT2D eigenvalue weighted by Gasteiger charge is -2.12. The van der Waals surface area contributed by atoms with Gasteiger partial charge in [-0.3, -0.25) is 4.98 Å². The van der Waals surface area contributed by atoms with Crippen LogP contribution in [0, 0.1) is 6.92 Å². The predicted octanol–water partition coefficient (Wildman–Crippen LogP) is 15.3. The average Bonchev–Trinajstić information content (AvgIpc) is 3.88. The van der Waals surface area contributed by atoms with Gasteiger partial charge in [-0.2, -0.15) is 0 Å². The van der Waals surface area contributed by atoms with Gasteiger partial charge in [0.05, 0.1) is 17.1 Å². The van der Waals surface area contributed by atoms with Gasteiger partial charge in [0.15, 0.2) is 0 Å². The molecule has 0 fully saturated rings. The summed E-state index contributed by atoms with van der Waals surface area (Å²) in [5.41, 5.74) is 14.4. The van der Waals surface area contributed by atoms with Crippen molar-refractivity contribution in [1.29, 1.82) is 0 Å². The lowest BCUT2D eigenvalue weighted by atomic mass is 9.98. The van der Waals surface area contributed by atoms with Crippen molar-refractivity contribution < 1.29 is 9.52 Å². The van der Waals surface area contributed by atoms with Crippen LogP contribution in [0.5, 0.6) is 5.75 Å². The van der Waals surface area contributed by atoms with Crippen LogP contribution in [0.1, 0.15) is 5.69 Å². The zero-order chi connectivity index (χ0) is 40.2. The summed E-state index contributed by atoms with van der Waals surface area (Å²) in [6.07, 6.45) is 0. The van der Waals surface area contributed by atoms with E-state index in [0.29, 0.717) is 11.3 Å². The standard InChI is InChI=1S/C55H36N2O2S/c1-34-28-41(32-48(56-34)37-18-12-19-38(29-37)49-30-40(35-14-4-2-5-15-35)31-50(57-49)47-22-10-11-25-51(47)58)55-46-21-9-8-20-45(46)54(60-55)39-26-27-43-44-24-13-23-42(36-16-6-3-7-17-36)53(44)59-52(43)33-39/h2-33,58H,1H3. The fraction of sp³-hybridized carbons (Fsp3) is 0.0182. The average molecular weight is 789 g/mol. The summed E-state index contributed by atoms with van der Waals surface area (Å²) < 4.78 is 6.67. The molecule has 284 valence electrons. The van der Waals surface area contributed by atoms with E-state index in [9.17, 15) is 5.11 Å². The third-order valence-corrected chi connectivity index (χ3v) is 12.6. The lowest BCUT2D eigenvalue weighted by molar-refractivity contribution is 0.477. The first-order valence-corrected chi connectivity index (χ1v) is 20.8. The van der Waals surface area contributed by atoms with E-state index in [1.54, 1.807) is 6.07 Å². The van der Waals surface area contributed by atoms with Crippen LogP contribution >= 0.6 is 11.3 Å². The number of fused-ring (bicyclic) bond motifs is 4. The van der Waals surface area contributed by atoms with E-state index in [0.717, 1.165) is 83.5 Å². The van der Waals surface area contributed by atoms with Gasteiger partial charge in [-0.25, -0.2) is 4.98 Å². The molecule has 11 rings (SSSR count). The van der Waals surface area contributed by atoms with E-state index in [4.69, 9.17) is 14.4 Å². The van der Waals surface area contributed by atoms with Crippen molar-refractivity contribution in [3.05, 3.63) is 200 Å². The topological polar surface area (TPSA) is 59.2 Å². The second-order valence-electron chi connectivity index (χ2n) is 15.1. The number of phenolic OH excluding ortho intramolecular Hbond substituents is 1. The smallest absolute Gasteiger partial charge is 0.143 e. The van der Waals surface area contributed by atoms with Crippen LogP contribution in [0.2, 0.25) is 0 Å². The monoisotopic (exact) mass is 788 g/mol. The summed E-state index contributed by atoms with van der Waals surface area (Å²) in [6, 6.07) is 66.8. The molecule has 0 bridgehead atoms. The summed E-state index contributed by atoms with van der Waals surface area (Å²) >= 11 is 1.81. The van der Waals surface area contributed by atoms with Crippen molar-refractivity contribution in [2.24, 2.45) is 0 Å². The molecule has 0 saturated heterocycles. The molecule has 0 unspecified atom stereocenters. The van der Waals surface area contributed by atoms with Crippen molar-refractivity contribution in [2.75, 3.05) is 0 Å². The van der Waals surface area contributed by atoms with Gasteiger partial charge in [0.2, 0.25) is 0 Å². The molecule has 11 aromatic rings. The van der Waals surface area contributed by atoms with Crippen molar-refractivity contribution in [3.8, 4) is 82.7 Å². The van der Waals surface area contributed by atoms with E-state index in [1.165, 1.54) is 20.5 Å². The molecule has 5 heteroatoms. The molecule has 0 aliphatic rings. The lowest BCUT2D eigenvalue weighted by Crippen LogP contribution is -1.93. The third-order valence-electron chi connectivity index (χ3n) is 11.2. The summed E-state index contributed by atoms with van der Waals surface area (Å²) in [5.74, 6) is 0.197. The maximum Gasteiger partial charge on any atom is 0.143 e. The summed E-state index contributed by atoms with van der Waals surface area (Å²) in [5, 5.41) is 15.5. The Morgan fingerprint density at radius 3 is 1.75 bits per heavy atom. The number of phenols is 1. The van der Waals surface area contributed by atoms with Crippen LogP contribution < -0.4 is 0 Å². The minimum atomic E-state index is 0.197. The minimum Gasteiger partial charge on any atom is -0.507 e. The number of furan rings is 1. The van der Waals surface area contributed by atoms with Crippen LogP contribution in [0.4, 0.5) is 0 Å². The highest BCUT2D eigenvalue weighted by Crippen LogP contribution is 2.46. The Hall–Kier alpha value is -7.60. The maximum absolute atomic E-state index is 10.8. The highest BCUT2D eigenvalue weighted by molar-refractivity contribution is 7.21. The largest absolute Gasteiger partial charge is 0.507 e. The summed E-state index contributed by atoms with van der Waals surface area (Å²) in [4.78, 5) is 12.6. The molecule has 4 nitrogen and oxygen atoms in total. The Labute approximate surface area is 351 Å². The Balaban J connectivity index is 0.997. The molecule has 1 N–H and O–H groups in total. The van der Waals surface area contributed by atoms with Crippen molar-refractivity contribution in [3.63, 3.8) is 0 Å². The van der Waals surface area contributed by atoms with Crippen LogP contribution in [-0.4, -0.2) is 15.1 Å². The number of thiophene rings is 1. The molecular weight excluding hydrogens is 753 g/mol. The second-order valence-corrected chi connectivity index (χ2v) is 16.2. The number of para-hydroxylation sites is 2. The highest BCUT2D eigenvalue weighted by atomic mass is 32.1. The summed E-state index contributed by atoms with van der Waals surface area (Å²) in [6.45, 7) is 2.07. The van der Waals surface area contributed by atoms with Gasteiger partial charge < -0.3 is 9.52 Å². The highest BCUT2D eigenvalue weighted by Gasteiger charge is 2.19. The van der Waals surface area contributed by atoms with Crippen molar-refractivity contribution in [2.45, 2.75) is 6.92 Å². The van der Waals surface area contributed by atoms with Gasteiger partial charge in [-0.05, 0) is 89.3 Å². The number of pyridine rings is 2. The quantitative estimate of drug-likeness (QED) is 0.175. The van der Waals surface area contributed by atoms with Crippen LogP contribution in [0.25, 0.3) is 110 Å². The van der Waals surface area contributed by atoms with E-state index in [-0.39, 0.29) is 5.75 Å². The molecule has 0 atom stereocenters. The van der Waals surface area contributed by atoms with Crippen molar-refractivity contribution in [1.82, 2.24) is 9.97 Å². The number of hydrogen-bond donors (Lipinski definition) is 1. The molecule has 0 spiro atoms. The predicted molar refractivity (Wildman–Crippen MR) is 249 cm³/mol. The summed E-state index contributed by atoms with van der Waals surface area (Å²) in [7, 11) is 0. The number of aryl methyl sites for hydroxylation is 1. The molecule has 0 aliphatic heterocycles. The first kappa shape index (κ1) is 35.6. The molecule has 60 heavy (non-hydrogen) atoms. The number of aromatic nitrogens is 2. The SMILES string of the molecule is Cc1cc(-c2sc(-c3ccc4c(c3)oc3c(-c5ccccc5)cccc34)c3ccccc23)cc(-c2cccc(-c3cc(-c4ccccc4)cc(-c4ccccc4O)n3)c2)n1. The van der Waals surface area contributed by atoms with Gasteiger partial charge in [-0.15, -0.1) is 11.3 Å². The Kier molecular flexibility index (Phi) is 8.68. The maximum atomic E-state index is 10.8. The number of rotatable bonds is 7. The zero-order valence-electron chi connectivity index (χ0n) is 32.6. The Bertz CT molecular complexity index is 3400. The number of nitrogens with zero attached hydrogens (tertiary/aromatic N) is 2. The molecule has 7 aromatic carbocycles. The molecular formula is C55H36N2O2S. The minimum absolute atomic E-state index is 0.197. The third kappa shape index (κ3) is 6.33. The van der Waals surface area contributed by atoms with Gasteiger partial charge in [0, 0.05) is 59.2 Å². The molecule has 0 amide bonds. The van der Waals surface area contributed by atoms with Crippen LogP contribution in [0.3, 0.4) is 0 Å². The van der Waals surface area contributed by atoms with Gasteiger partial charge in [0.25, 0.3) is 0 Å². The Morgan fingerprint density at radius 2 is 0.983 bits per heavy atom. The first-order valence-electron chi connectivity index (χ1n) is 20.0. The van der Waals surface area contributed by atoms with E-state index < -0.39 is 0 Å². The van der Waals surface area contributed by atoms with Crippen molar-refractivity contribution >= 4 is 44.0 Å². The number of aromatic hydroxyl groups is 1. The van der Waals surface area contributed by atoms with Gasteiger partial charge in [-0.1, -0.05) is 140 Å². The molecule has 0 saturated carbocycles. The number of benzene rings is 7. The van der Waals surface area contributed by atoms with Gasteiger partial charge >= 0.3 is 0 Å². The molecule has 4 aromatic heterocycles. The van der Waals surface area contributed by atoms with E-state index in [1.807, 2.05) is 59.9 Å². The second kappa shape index (κ2) is 14.7. The van der Waals surface area contributed by atoms with Gasteiger partial charge in [0.1, 0.15) is 16.9 Å². The van der Waals surface area contributed by atoms with E-state index in [2.05, 4.69) is 146 Å². The normalized spacial score (nSPS) is 11.5. The van der Waals surface area contributed by atoms with E-state index >= 15 is 0 Å². The zero-order valence-corrected chi connectivity index (χ0v) is 33.4. The van der Waals surface area contributed by atoms with Crippen LogP contribution in [-0.2, 0) is 0 Å². The Morgan fingerprint density at radius 1 is 0.400 bits per heavy atom. The molecule has 0 aliphatic carbocycles. The molecule has 0 radical (unpaired) electrons. The van der Waals surface area contributed by atoms with Crippen LogP contribution in [0.15, 0.2) is 199 Å². The fourth-order valence-electron chi connectivity index (χ4n) is 8.39. The molecule has 4 heterocycles.